The van der Waals surface area contributed by atoms with Crippen molar-refractivity contribution in [3.8, 4) is 0 Å². The third kappa shape index (κ3) is 4.00. The van der Waals surface area contributed by atoms with Crippen LogP contribution in [-0.4, -0.2) is 42.8 Å². The van der Waals surface area contributed by atoms with E-state index < -0.39 is 27.3 Å². The molecule has 1 N–H and O–H groups in total. The first-order valence-electron chi connectivity index (χ1n) is 8.90. The second-order valence-electron chi connectivity index (χ2n) is 6.68. The van der Waals surface area contributed by atoms with Gasteiger partial charge in [-0.1, -0.05) is 12.1 Å². The number of carbonyl (C=O) groups is 2. The summed E-state index contributed by atoms with van der Waals surface area (Å²) in [5.74, 6) is -1.18. The van der Waals surface area contributed by atoms with Gasteiger partial charge in [0.05, 0.1) is 17.0 Å². The van der Waals surface area contributed by atoms with Crippen molar-refractivity contribution in [3.63, 3.8) is 0 Å². The highest BCUT2D eigenvalue weighted by Crippen LogP contribution is 2.25. The highest BCUT2D eigenvalue weighted by molar-refractivity contribution is 7.90. The lowest BCUT2D eigenvalue weighted by atomic mass is 9.91. The molecule has 1 amide bonds. The lowest BCUT2D eigenvalue weighted by Crippen LogP contribution is -2.50. The molecule has 152 valence electrons. The third-order valence-electron chi connectivity index (χ3n) is 4.56. The number of aromatic nitrogens is 2. The Morgan fingerprint density at radius 1 is 1.14 bits per heavy atom. The summed E-state index contributed by atoms with van der Waals surface area (Å²) in [4.78, 5) is 25.8. The number of esters is 1. The van der Waals surface area contributed by atoms with E-state index in [1.165, 1.54) is 35.7 Å². The molecule has 0 saturated carbocycles. The molecule has 3 rings (SSSR count). The Balaban J connectivity index is 2.00. The smallest absolute Gasteiger partial charge is 0.336 e. The van der Waals surface area contributed by atoms with Crippen LogP contribution in [0, 0.1) is 0 Å². The van der Waals surface area contributed by atoms with E-state index in [0.29, 0.717) is 5.56 Å². The van der Waals surface area contributed by atoms with E-state index in [-0.39, 0.29) is 17.2 Å². The number of rotatable bonds is 6. The van der Waals surface area contributed by atoms with E-state index >= 15 is 0 Å². The minimum Gasteiger partial charge on any atom is -0.464 e. The first kappa shape index (κ1) is 20.5. The molecular formula is C20H21N3O5S. The summed E-state index contributed by atoms with van der Waals surface area (Å²) in [6.07, 6.45) is 2.65. The van der Waals surface area contributed by atoms with Crippen molar-refractivity contribution in [2.75, 3.05) is 12.9 Å². The standard InChI is InChI=1S/C20H21N3O5S/c1-4-28-19(25)20(2,14-7-10-16(11-8-14)29(3,26)27)22-18(24)17-12-9-15-6-5-13-21-23(15)17/h5-13H,4H2,1-3H3,(H,22,24). The number of hydrogen-bond acceptors (Lipinski definition) is 6. The van der Waals surface area contributed by atoms with Gasteiger partial charge >= 0.3 is 5.97 Å². The maximum atomic E-state index is 13.0. The molecule has 1 aromatic carbocycles. The van der Waals surface area contributed by atoms with Crippen LogP contribution in [0.5, 0.6) is 0 Å². The molecule has 8 nitrogen and oxygen atoms in total. The molecule has 1 atom stereocenters. The van der Waals surface area contributed by atoms with Crippen LogP contribution < -0.4 is 5.32 Å². The van der Waals surface area contributed by atoms with Crippen LogP contribution in [0.15, 0.2) is 59.6 Å². The number of fused-ring (bicyclic) bond motifs is 1. The molecule has 9 heteroatoms. The summed E-state index contributed by atoms with van der Waals surface area (Å²) >= 11 is 0. The molecule has 0 saturated heterocycles. The van der Waals surface area contributed by atoms with Crippen molar-refractivity contribution < 1.29 is 22.7 Å². The van der Waals surface area contributed by atoms with Gasteiger partial charge in [0, 0.05) is 12.5 Å². The Bertz CT molecular complexity index is 1170. The number of sulfone groups is 1. The predicted octanol–water partition coefficient (Wildman–Crippen LogP) is 1.95. The summed E-state index contributed by atoms with van der Waals surface area (Å²) < 4.78 is 30.1. The van der Waals surface area contributed by atoms with Crippen LogP contribution in [-0.2, 0) is 24.9 Å². The van der Waals surface area contributed by atoms with Gasteiger partial charge in [-0.2, -0.15) is 5.10 Å². The quantitative estimate of drug-likeness (QED) is 0.617. The summed E-state index contributed by atoms with van der Waals surface area (Å²) in [5, 5.41) is 6.88. The molecule has 29 heavy (non-hydrogen) atoms. The number of amides is 1. The number of hydrogen-bond donors (Lipinski definition) is 1. The SMILES string of the molecule is CCOC(=O)C(C)(NC(=O)c1ccc2cccnn12)c1ccc(S(C)(=O)=O)cc1. The first-order chi connectivity index (χ1) is 13.7. The Morgan fingerprint density at radius 3 is 2.45 bits per heavy atom. The van der Waals surface area contributed by atoms with Crippen LogP contribution in [0.4, 0.5) is 0 Å². The Hall–Kier alpha value is -3.20. The fourth-order valence-corrected chi connectivity index (χ4v) is 3.59. The van der Waals surface area contributed by atoms with Crippen molar-refractivity contribution >= 4 is 27.2 Å². The molecule has 0 radical (unpaired) electrons. The van der Waals surface area contributed by atoms with E-state index in [2.05, 4.69) is 10.4 Å². The number of nitrogens with one attached hydrogen (secondary N) is 1. The van der Waals surface area contributed by atoms with E-state index in [9.17, 15) is 18.0 Å². The lowest BCUT2D eigenvalue weighted by molar-refractivity contribution is -0.150. The van der Waals surface area contributed by atoms with Crippen molar-refractivity contribution in [2.45, 2.75) is 24.3 Å². The fourth-order valence-electron chi connectivity index (χ4n) is 2.96. The summed E-state index contributed by atoms with van der Waals surface area (Å²) in [6, 6.07) is 12.7. The fraction of sp³-hybridized carbons (Fsp3) is 0.250. The van der Waals surface area contributed by atoms with Crippen molar-refractivity contribution in [3.05, 3.63) is 66.0 Å². The maximum Gasteiger partial charge on any atom is 0.336 e. The number of benzene rings is 1. The normalized spacial score (nSPS) is 13.6. The molecule has 0 fully saturated rings. The van der Waals surface area contributed by atoms with Crippen LogP contribution in [0.3, 0.4) is 0 Å². The Morgan fingerprint density at radius 2 is 1.83 bits per heavy atom. The lowest BCUT2D eigenvalue weighted by Gasteiger charge is -2.29. The molecule has 0 bridgehead atoms. The monoisotopic (exact) mass is 415 g/mol. The minimum absolute atomic E-state index is 0.112. The molecule has 2 heterocycles. The topological polar surface area (TPSA) is 107 Å². The third-order valence-corrected chi connectivity index (χ3v) is 5.69. The van der Waals surface area contributed by atoms with Gasteiger partial charge in [-0.25, -0.2) is 17.7 Å². The van der Waals surface area contributed by atoms with Gasteiger partial charge in [0.1, 0.15) is 5.69 Å². The van der Waals surface area contributed by atoms with Gasteiger partial charge in [0.15, 0.2) is 15.4 Å². The van der Waals surface area contributed by atoms with E-state index in [1.54, 1.807) is 37.4 Å². The van der Waals surface area contributed by atoms with Gasteiger partial charge in [-0.05, 0) is 55.8 Å². The number of ether oxygens (including phenoxy) is 1. The van der Waals surface area contributed by atoms with Gasteiger partial charge in [-0.3, -0.25) is 4.79 Å². The van der Waals surface area contributed by atoms with Crippen LogP contribution in [0.1, 0.15) is 29.9 Å². The molecule has 0 aliphatic heterocycles. The number of nitrogens with zero attached hydrogens (tertiary/aromatic N) is 2. The Kier molecular flexibility index (Phi) is 5.43. The highest BCUT2D eigenvalue weighted by Gasteiger charge is 2.39. The van der Waals surface area contributed by atoms with Crippen LogP contribution >= 0.6 is 0 Å². The Labute approximate surface area is 168 Å². The second kappa shape index (κ2) is 7.67. The molecule has 0 aliphatic rings. The first-order valence-corrected chi connectivity index (χ1v) is 10.8. The van der Waals surface area contributed by atoms with Crippen molar-refractivity contribution in [1.82, 2.24) is 14.9 Å². The largest absolute Gasteiger partial charge is 0.464 e. The van der Waals surface area contributed by atoms with Gasteiger partial charge in [0.25, 0.3) is 5.91 Å². The molecule has 0 spiro atoms. The van der Waals surface area contributed by atoms with E-state index in [4.69, 9.17) is 4.74 Å². The highest BCUT2D eigenvalue weighted by atomic mass is 32.2. The molecule has 0 aliphatic carbocycles. The molecule has 3 aromatic rings. The number of carbonyl (C=O) groups excluding carboxylic acids is 2. The predicted molar refractivity (Wildman–Crippen MR) is 106 cm³/mol. The second-order valence-corrected chi connectivity index (χ2v) is 8.69. The average molecular weight is 415 g/mol. The van der Waals surface area contributed by atoms with Gasteiger partial charge in [0.2, 0.25) is 0 Å². The van der Waals surface area contributed by atoms with Crippen molar-refractivity contribution in [1.29, 1.82) is 0 Å². The van der Waals surface area contributed by atoms with Crippen LogP contribution in [0.2, 0.25) is 0 Å². The molecule has 2 aromatic heterocycles. The zero-order valence-corrected chi connectivity index (χ0v) is 17.1. The zero-order valence-electron chi connectivity index (χ0n) is 16.2. The van der Waals surface area contributed by atoms with Gasteiger partial charge in [-0.15, -0.1) is 0 Å². The average Bonchev–Trinajstić information content (AvgIpc) is 3.12. The van der Waals surface area contributed by atoms with E-state index in [1.807, 2.05) is 0 Å². The van der Waals surface area contributed by atoms with Crippen LogP contribution in [0.25, 0.3) is 5.52 Å². The summed E-state index contributed by atoms with van der Waals surface area (Å²) in [7, 11) is -3.39. The minimum atomic E-state index is -3.39. The zero-order chi connectivity index (χ0) is 21.2. The van der Waals surface area contributed by atoms with Gasteiger partial charge < -0.3 is 10.1 Å². The molecular weight excluding hydrogens is 394 g/mol. The molecule has 1 unspecified atom stereocenters. The summed E-state index contributed by atoms with van der Waals surface area (Å²) in [6.45, 7) is 3.31. The van der Waals surface area contributed by atoms with Crippen molar-refractivity contribution in [2.24, 2.45) is 0 Å². The van der Waals surface area contributed by atoms with E-state index in [0.717, 1.165) is 11.8 Å². The summed E-state index contributed by atoms with van der Waals surface area (Å²) in [5.41, 5.74) is -0.149. The maximum absolute atomic E-state index is 13.0.